The first-order valence-electron chi connectivity index (χ1n) is 15.0. The molecule has 2 atom stereocenters. The molecule has 1 aromatic heterocycles. The maximum absolute atomic E-state index is 13.7. The molecule has 3 amide bonds. The van der Waals surface area contributed by atoms with Gasteiger partial charge in [-0.05, 0) is 56.3 Å². The number of hydrogen-bond acceptors (Lipinski definition) is 9. The first-order valence-corrected chi connectivity index (χ1v) is 15.0. The van der Waals surface area contributed by atoms with E-state index in [4.69, 9.17) is 19.9 Å². The zero-order chi connectivity index (χ0) is 32.3. The summed E-state index contributed by atoms with van der Waals surface area (Å²) < 4.78 is 18.5. The van der Waals surface area contributed by atoms with E-state index in [9.17, 15) is 19.2 Å². The molecule has 0 aliphatic carbocycles. The molecule has 1 saturated heterocycles. The highest BCUT2D eigenvalue weighted by Crippen LogP contribution is 2.29. The number of carbonyl (C=O) groups is 4. The second kappa shape index (κ2) is 16.0. The van der Waals surface area contributed by atoms with Gasteiger partial charge in [-0.3, -0.25) is 24.1 Å². The Bertz CT molecular complexity index is 1480. The van der Waals surface area contributed by atoms with E-state index in [2.05, 4.69) is 25.4 Å². The Morgan fingerprint density at radius 3 is 2.31 bits per heavy atom. The van der Waals surface area contributed by atoms with E-state index < -0.39 is 23.9 Å². The minimum Gasteiger partial charge on any atom is -0.497 e. The summed E-state index contributed by atoms with van der Waals surface area (Å²) in [6.07, 6.45) is 1.87. The van der Waals surface area contributed by atoms with Crippen LogP contribution in [-0.4, -0.2) is 105 Å². The number of carbonyl (C=O) groups excluding carboxylic acids is 4. The lowest BCUT2D eigenvalue weighted by atomic mass is 10.0. The van der Waals surface area contributed by atoms with Gasteiger partial charge in [-0.1, -0.05) is 0 Å². The fraction of sp³-hybridized carbons (Fsp3) is 0.438. The Hall–Kier alpha value is -4.46. The van der Waals surface area contributed by atoms with Crippen LogP contribution in [0.25, 0.3) is 10.9 Å². The first kappa shape index (κ1) is 33.4. The third kappa shape index (κ3) is 9.03. The monoisotopic (exact) mass is 622 g/mol. The molecule has 3 aromatic rings. The van der Waals surface area contributed by atoms with Crippen LogP contribution >= 0.6 is 0 Å². The summed E-state index contributed by atoms with van der Waals surface area (Å²) >= 11 is 0. The molecule has 0 bridgehead atoms. The van der Waals surface area contributed by atoms with Crippen LogP contribution in [0.15, 0.2) is 48.7 Å². The lowest BCUT2D eigenvalue weighted by Gasteiger charge is -2.26. The first-order chi connectivity index (χ1) is 21.7. The third-order valence-corrected chi connectivity index (χ3v) is 7.55. The van der Waals surface area contributed by atoms with Crippen molar-refractivity contribution in [2.45, 2.75) is 32.5 Å². The van der Waals surface area contributed by atoms with Gasteiger partial charge in [-0.2, -0.15) is 0 Å². The summed E-state index contributed by atoms with van der Waals surface area (Å²) in [5.74, 6) is -0.493. The summed E-state index contributed by atoms with van der Waals surface area (Å²) in [4.78, 5) is 53.1. The lowest BCUT2D eigenvalue weighted by molar-refractivity contribution is -0.132. The Morgan fingerprint density at radius 1 is 0.933 bits per heavy atom. The normalized spacial score (nSPS) is 14.8. The van der Waals surface area contributed by atoms with Gasteiger partial charge in [0.1, 0.15) is 23.6 Å². The number of methoxy groups -OCH3 is 1. The maximum atomic E-state index is 13.7. The van der Waals surface area contributed by atoms with E-state index in [1.54, 1.807) is 50.4 Å². The van der Waals surface area contributed by atoms with Gasteiger partial charge in [0.05, 0.1) is 20.3 Å². The van der Waals surface area contributed by atoms with Gasteiger partial charge in [-0.15, -0.1) is 0 Å². The van der Waals surface area contributed by atoms with Crippen molar-refractivity contribution in [3.63, 3.8) is 0 Å². The van der Waals surface area contributed by atoms with Gasteiger partial charge in [0.2, 0.25) is 11.8 Å². The van der Waals surface area contributed by atoms with Crippen LogP contribution in [0, 0.1) is 0 Å². The van der Waals surface area contributed by atoms with Crippen molar-refractivity contribution in [3.05, 3.63) is 59.8 Å². The van der Waals surface area contributed by atoms with Crippen LogP contribution in [0.1, 0.15) is 29.8 Å². The smallest absolute Gasteiger partial charge is 0.258 e. The molecule has 242 valence electrons. The van der Waals surface area contributed by atoms with Crippen LogP contribution in [-0.2, 0) is 25.7 Å². The van der Waals surface area contributed by atoms with Crippen LogP contribution in [0.2, 0.25) is 0 Å². The number of amides is 3. The predicted octanol–water partition coefficient (Wildman–Crippen LogP) is 0.676. The number of ketones is 1. The van der Waals surface area contributed by atoms with Crippen LogP contribution in [0.3, 0.4) is 0 Å². The van der Waals surface area contributed by atoms with E-state index in [-0.39, 0.29) is 24.8 Å². The summed E-state index contributed by atoms with van der Waals surface area (Å²) in [7, 11) is 1.57. The number of nitrogens with two attached hydrogens (primary N) is 1. The summed E-state index contributed by atoms with van der Waals surface area (Å²) in [6.45, 7) is 7.91. The second-order valence-electron chi connectivity index (χ2n) is 10.8. The van der Waals surface area contributed by atoms with Gasteiger partial charge >= 0.3 is 0 Å². The average Bonchev–Trinajstić information content (AvgIpc) is 3.43. The Labute approximate surface area is 262 Å². The zero-order valence-electron chi connectivity index (χ0n) is 26.0. The fourth-order valence-corrected chi connectivity index (χ4v) is 4.95. The molecule has 13 nitrogen and oxygen atoms in total. The standard InChI is InChI=1S/C32H42N6O7/c1-21(31(41)34-11-10-33)36-32(42)22(2)35-29(39)20-45-25-8-9-28-26(18-25)27(30(40)23-4-6-24(43-3)7-5-23)19-38(28)13-12-37-14-16-44-17-15-37/h4-9,18-19,21-22H,10-17,20,33H2,1-3H3,(H,34,41)(H,35,39)(H,36,42)/t21-,22-/m0/s1. The highest BCUT2D eigenvalue weighted by Gasteiger charge is 2.22. The number of morpholine rings is 1. The van der Waals surface area contributed by atoms with Crippen LogP contribution in [0.5, 0.6) is 11.5 Å². The molecular formula is C32H42N6O7. The molecule has 2 aromatic carbocycles. The number of rotatable bonds is 15. The molecule has 5 N–H and O–H groups in total. The largest absolute Gasteiger partial charge is 0.497 e. The molecule has 1 aliphatic rings. The highest BCUT2D eigenvalue weighted by atomic mass is 16.5. The lowest BCUT2D eigenvalue weighted by Crippen LogP contribution is -2.52. The zero-order valence-corrected chi connectivity index (χ0v) is 26.0. The molecule has 0 unspecified atom stereocenters. The maximum Gasteiger partial charge on any atom is 0.258 e. The van der Waals surface area contributed by atoms with Crippen molar-refractivity contribution < 1.29 is 33.4 Å². The number of ether oxygens (including phenoxy) is 3. The third-order valence-electron chi connectivity index (χ3n) is 7.55. The molecule has 4 rings (SSSR count). The van der Waals surface area contributed by atoms with Crippen molar-refractivity contribution in [1.82, 2.24) is 25.4 Å². The van der Waals surface area contributed by atoms with Crippen LogP contribution < -0.4 is 31.2 Å². The number of nitrogens with one attached hydrogen (secondary N) is 3. The van der Waals surface area contributed by atoms with Crippen molar-refractivity contribution in [1.29, 1.82) is 0 Å². The van der Waals surface area contributed by atoms with E-state index in [1.807, 2.05) is 12.3 Å². The van der Waals surface area contributed by atoms with E-state index in [0.29, 0.717) is 54.3 Å². The molecule has 0 radical (unpaired) electrons. The van der Waals surface area contributed by atoms with Gasteiger partial charge in [0, 0.05) is 67.5 Å². The molecule has 2 heterocycles. The van der Waals surface area contributed by atoms with Crippen molar-refractivity contribution in [3.8, 4) is 11.5 Å². The molecule has 45 heavy (non-hydrogen) atoms. The molecule has 1 fully saturated rings. The van der Waals surface area contributed by atoms with Crippen LogP contribution in [0.4, 0.5) is 0 Å². The molecular weight excluding hydrogens is 580 g/mol. The summed E-state index contributed by atoms with van der Waals surface area (Å²) in [5, 5.41) is 8.43. The Balaban J connectivity index is 1.45. The highest BCUT2D eigenvalue weighted by molar-refractivity contribution is 6.16. The molecule has 0 saturated carbocycles. The molecule has 0 spiro atoms. The SMILES string of the molecule is COc1ccc(C(=O)c2cn(CCN3CCOCC3)c3ccc(OCC(=O)N[C@@H](C)C(=O)N[C@@H](C)C(=O)NCCN)cc23)cc1. The van der Waals surface area contributed by atoms with E-state index in [0.717, 1.165) is 25.2 Å². The van der Waals surface area contributed by atoms with E-state index in [1.165, 1.54) is 6.92 Å². The van der Waals surface area contributed by atoms with Gasteiger partial charge in [-0.25, -0.2) is 0 Å². The average molecular weight is 623 g/mol. The predicted molar refractivity (Wildman–Crippen MR) is 168 cm³/mol. The van der Waals surface area contributed by atoms with Crippen molar-refractivity contribution in [2.75, 3.05) is 59.7 Å². The number of aromatic nitrogens is 1. The second-order valence-corrected chi connectivity index (χ2v) is 10.8. The summed E-state index contributed by atoms with van der Waals surface area (Å²) in [6, 6.07) is 10.6. The minimum absolute atomic E-state index is 0.145. The van der Waals surface area contributed by atoms with Crippen molar-refractivity contribution in [2.24, 2.45) is 5.73 Å². The quantitative estimate of drug-likeness (QED) is 0.178. The van der Waals surface area contributed by atoms with Gasteiger partial charge in [0.25, 0.3) is 5.91 Å². The molecule has 13 heteroatoms. The van der Waals surface area contributed by atoms with Gasteiger partial charge < -0.3 is 40.5 Å². The molecule has 1 aliphatic heterocycles. The van der Waals surface area contributed by atoms with E-state index >= 15 is 0 Å². The minimum atomic E-state index is -0.900. The van der Waals surface area contributed by atoms with Gasteiger partial charge in [0.15, 0.2) is 12.4 Å². The number of fused-ring (bicyclic) bond motifs is 1. The number of benzene rings is 2. The fourth-order valence-electron chi connectivity index (χ4n) is 4.95. The number of hydrogen-bond donors (Lipinski definition) is 4. The Kier molecular flexibility index (Phi) is 11.9. The number of nitrogens with zero attached hydrogens (tertiary/aromatic N) is 2. The van der Waals surface area contributed by atoms with Crippen molar-refractivity contribution >= 4 is 34.4 Å². The Morgan fingerprint density at radius 2 is 1.62 bits per heavy atom. The summed E-state index contributed by atoms with van der Waals surface area (Å²) in [5.41, 5.74) is 7.29. The topological polar surface area (TPSA) is 166 Å².